The number of fused-ring (bicyclic) bond motifs is 1. The molecule has 21 heavy (non-hydrogen) atoms. The second kappa shape index (κ2) is 5.11. The van der Waals surface area contributed by atoms with Gasteiger partial charge in [-0.25, -0.2) is 0 Å². The maximum atomic E-state index is 12.2. The highest BCUT2D eigenvalue weighted by atomic mass is 35.5. The van der Waals surface area contributed by atoms with Crippen molar-refractivity contribution in [3.8, 4) is 0 Å². The molecule has 2 heterocycles. The molecule has 1 amide bonds. The zero-order valence-corrected chi connectivity index (χ0v) is 12.0. The molecule has 0 spiro atoms. The summed E-state index contributed by atoms with van der Waals surface area (Å²) in [7, 11) is 1.37. The van der Waals surface area contributed by atoms with Crippen molar-refractivity contribution in [1.29, 1.82) is 0 Å². The molecule has 2 aromatic rings. The fourth-order valence-corrected chi connectivity index (χ4v) is 2.79. The summed E-state index contributed by atoms with van der Waals surface area (Å²) in [6.45, 7) is 0. The summed E-state index contributed by atoms with van der Waals surface area (Å²) in [5.74, 6) is -0.444. The Bertz CT molecular complexity index is 693. The molecule has 2 unspecified atom stereocenters. The van der Waals surface area contributed by atoms with Crippen molar-refractivity contribution in [3.63, 3.8) is 0 Å². The third-order valence-corrected chi connectivity index (χ3v) is 3.79. The number of ether oxygens (including phenoxy) is 1. The number of nitrogens with one attached hydrogen (secondary N) is 1. The lowest BCUT2D eigenvalue weighted by atomic mass is 9.80. The number of carbonyl (C=O) groups excluding carboxylic acids is 1. The second-order valence-electron chi connectivity index (χ2n) is 4.78. The average Bonchev–Trinajstić information content (AvgIpc) is 2.48. The average molecular weight is 305 g/mol. The molecule has 5 nitrogen and oxygen atoms in total. The van der Waals surface area contributed by atoms with Gasteiger partial charge in [-0.3, -0.25) is 9.78 Å². The number of nitrogens with zero attached hydrogens (tertiary/aromatic N) is 1. The highest BCUT2D eigenvalue weighted by Gasteiger charge is 2.50. The van der Waals surface area contributed by atoms with Crippen LogP contribution < -0.4 is 5.32 Å². The summed E-state index contributed by atoms with van der Waals surface area (Å²) in [5.41, 5.74) is -0.376. The third-order valence-electron chi connectivity index (χ3n) is 3.56. The van der Waals surface area contributed by atoms with Gasteiger partial charge in [-0.2, -0.15) is 0 Å². The first-order chi connectivity index (χ1) is 10.1. The van der Waals surface area contributed by atoms with E-state index in [1.165, 1.54) is 7.11 Å². The molecule has 6 heteroatoms. The van der Waals surface area contributed by atoms with E-state index in [0.29, 0.717) is 22.0 Å². The number of methoxy groups -OCH3 is 1. The molecule has 0 aliphatic carbocycles. The van der Waals surface area contributed by atoms with Crippen LogP contribution in [-0.4, -0.2) is 29.2 Å². The van der Waals surface area contributed by atoms with E-state index in [9.17, 15) is 9.90 Å². The van der Waals surface area contributed by atoms with Crippen molar-refractivity contribution < 1.29 is 14.6 Å². The van der Waals surface area contributed by atoms with E-state index in [4.69, 9.17) is 16.3 Å². The molecule has 0 saturated heterocycles. The van der Waals surface area contributed by atoms with E-state index >= 15 is 0 Å². The molecule has 1 aliphatic rings. The molecular formula is C15H13ClN2O3. The fourth-order valence-electron chi connectivity index (χ4n) is 2.62. The Morgan fingerprint density at radius 3 is 2.86 bits per heavy atom. The topological polar surface area (TPSA) is 71.5 Å². The van der Waals surface area contributed by atoms with Gasteiger partial charge in [-0.15, -0.1) is 0 Å². The number of hydrogen-bond acceptors (Lipinski definition) is 4. The number of amides is 1. The fraction of sp³-hybridized carbons (Fsp3) is 0.200. The molecule has 2 atom stereocenters. The Kier molecular flexibility index (Phi) is 3.41. The summed E-state index contributed by atoms with van der Waals surface area (Å²) in [5, 5.41) is 14.4. The zero-order valence-electron chi connectivity index (χ0n) is 11.2. The normalized spacial score (nSPS) is 24.3. The molecule has 1 aromatic heterocycles. The first kappa shape index (κ1) is 14.0. The van der Waals surface area contributed by atoms with Gasteiger partial charge in [0.05, 0.1) is 5.69 Å². The van der Waals surface area contributed by atoms with Crippen LogP contribution in [0, 0.1) is 0 Å². The van der Waals surface area contributed by atoms with Crippen molar-refractivity contribution in [2.75, 3.05) is 12.4 Å². The van der Waals surface area contributed by atoms with Crippen molar-refractivity contribution in [1.82, 2.24) is 4.98 Å². The smallest absolute Gasteiger partial charge is 0.257 e. The lowest BCUT2D eigenvalue weighted by Gasteiger charge is -2.39. The molecule has 1 aliphatic heterocycles. The van der Waals surface area contributed by atoms with Crippen LogP contribution in [0.3, 0.4) is 0 Å². The van der Waals surface area contributed by atoms with E-state index in [1.54, 1.807) is 42.6 Å². The molecule has 0 bridgehead atoms. The van der Waals surface area contributed by atoms with Crippen LogP contribution in [0.25, 0.3) is 0 Å². The number of halogens is 1. The molecule has 0 radical (unpaired) electrons. The number of aliphatic hydroxyl groups is 1. The van der Waals surface area contributed by atoms with Gasteiger partial charge in [-0.05, 0) is 24.3 Å². The van der Waals surface area contributed by atoms with Gasteiger partial charge in [0.15, 0.2) is 11.7 Å². The zero-order chi connectivity index (χ0) is 15.0. The minimum absolute atomic E-state index is 0.343. The summed E-state index contributed by atoms with van der Waals surface area (Å²) in [6.07, 6.45) is 0.461. The van der Waals surface area contributed by atoms with Crippen LogP contribution in [0.1, 0.15) is 11.3 Å². The number of pyridine rings is 1. The van der Waals surface area contributed by atoms with E-state index in [2.05, 4.69) is 10.3 Å². The number of anilines is 1. The van der Waals surface area contributed by atoms with Crippen LogP contribution in [0.2, 0.25) is 5.02 Å². The van der Waals surface area contributed by atoms with Gasteiger partial charge in [-0.1, -0.05) is 23.7 Å². The summed E-state index contributed by atoms with van der Waals surface area (Å²) >= 11 is 5.95. The standard InChI is InChI=1S/C15H13ClN2O3/c1-21-13-14(19)18-11-8-9(16)5-6-10(11)15(13,20)12-4-2-3-7-17-12/h2-8,13,20H,1H3,(H,18,19). The Labute approximate surface area is 126 Å². The van der Waals surface area contributed by atoms with Crippen LogP contribution in [0.4, 0.5) is 5.69 Å². The van der Waals surface area contributed by atoms with Crippen LogP contribution >= 0.6 is 11.6 Å². The van der Waals surface area contributed by atoms with Gasteiger partial charge >= 0.3 is 0 Å². The SMILES string of the molecule is COC1C(=O)Nc2cc(Cl)ccc2C1(O)c1ccccn1. The van der Waals surface area contributed by atoms with Crippen molar-refractivity contribution in [3.05, 3.63) is 58.9 Å². The third kappa shape index (κ3) is 2.10. The molecule has 0 fully saturated rings. The molecule has 1 aromatic carbocycles. The van der Waals surface area contributed by atoms with E-state index < -0.39 is 17.6 Å². The predicted molar refractivity (Wildman–Crippen MR) is 78.1 cm³/mol. The lowest BCUT2D eigenvalue weighted by molar-refractivity contribution is -0.142. The number of benzene rings is 1. The van der Waals surface area contributed by atoms with Crippen LogP contribution in [0.15, 0.2) is 42.6 Å². The predicted octanol–water partition coefficient (Wildman–Crippen LogP) is 1.94. The van der Waals surface area contributed by atoms with Crippen molar-refractivity contribution >= 4 is 23.2 Å². The van der Waals surface area contributed by atoms with Gasteiger partial charge < -0.3 is 15.2 Å². The minimum Gasteiger partial charge on any atom is -0.375 e. The van der Waals surface area contributed by atoms with Crippen LogP contribution in [-0.2, 0) is 15.1 Å². The van der Waals surface area contributed by atoms with Gasteiger partial charge in [0.25, 0.3) is 5.91 Å². The van der Waals surface area contributed by atoms with Crippen molar-refractivity contribution in [2.45, 2.75) is 11.7 Å². The number of aromatic nitrogens is 1. The highest BCUT2D eigenvalue weighted by Crippen LogP contribution is 2.42. The minimum atomic E-state index is -1.67. The van der Waals surface area contributed by atoms with Crippen molar-refractivity contribution in [2.24, 2.45) is 0 Å². The summed E-state index contributed by atoms with van der Waals surface area (Å²) in [6, 6.07) is 10.0. The molecular weight excluding hydrogens is 292 g/mol. The van der Waals surface area contributed by atoms with E-state index in [-0.39, 0.29) is 0 Å². The number of carbonyl (C=O) groups is 1. The van der Waals surface area contributed by atoms with E-state index in [0.717, 1.165) is 0 Å². The van der Waals surface area contributed by atoms with Gasteiger partial charge in [0.2, 0.25) is 0 Å². The number of rotatable bonds is 2. The number of hydrogen-bond donors (Lipinski definition) is 2. The lowest BCUT2D eigenvalue weighted by Crippen LogP contribution is -2.53. The molecule has 2 N–H and O–H groups in total. The second-order valence-corrected chi connectivity index (χ2v) is 5.21. The molecule has 108 valence electrons. The largest absolute Gasteiger partial charge is 0.375 e. The maximum absolute atomic E-state index is 12.2. The monoisotopic (exact) mass is 304 g/mol. The van der Waals surface area contributed by atoms with E-state index in [1.807, 2.05) is 0 Å². The van der Waals surface area contributed by atoms with Crippen LogP contribution in [0.5, 0.6) is 0 Å². The summed E-state index contributed by atoms with van der Waals surface area (Å²) in [4.78, 5) is 16.4. The highest BCUT2D eigenvalue weighted by molar-refractivity contribution is 6.31. The molecule has 0 saturated carbocycles. The van der Waals surface area contributed by atoms with Gasteiger partial charge in [0, 0.05) is 29.6 Å². The summed E-state index contributed by atoms with van der Waals surface area (Å²) < 4.78 is 5.23. The first-order valence-corrected chi connectivity index (χ1v) is 6.72. The quantitative estimate of drug-likeness (QED) is 0.889. The Hall–Kier alpha value is -1.95. The first-order valence-electron chi connectivity index (χ1n) is 6.35. The maximum Gasteiger partial charge on any atom is 0.257 e. The molecule has 3 rings (SSSR count). The Morgan fingerprint density at radius 2 is 2.19 bits per heavy atom. The Morgan fingerprint density at radius 1 is 1.38 bits per heavy atom. The Balaban J connectivity index is 2.27. The van der Waals surface area contributed by atoms with Gasteiger partial charge in [0.1, 0.15) is 0 Å².